The number of unbranched alkanes of at least 4 members (excludes halogenated alkanes) is 1. The van der Waals surface area contributed by atoms with Gasteiger partial charge in [-0.2, -0.15) is 0 Å². The number of hydrogen-bond acceptors (Lipinski definition) is 3. The molecule has 0 N–H and O–H groups in total. The van der Waals surface area contributed by atoms with Gasteiger partial charge in [-0.1, -0.05) is 80.4 Å². The predicted octanol–water partition coefficient (Wildman–Crippen LogP) is 2.40. The molecule has 155 valence electrons. The van der Waals surface area contributed by atoms with Crippen molar-refractivity contribution in [1.82, 2.24) is 4.90 Å². The average Bonchev–Trinajstić information content (AvgIpc) is 2.62. The third-order valence-electron chi connectivity index (χ3n) is 4.30. The molecule has 2 aromatic carbocycles. The summed E-state index contributed by atoms with van der Waals surface area (Å²) in [4.78, 5) is 15.2. The second-order valence-electron chi connectivity index (χ2n) is 7.92. The van der Waals surface area contributed by atoms with Gasteiger partial charge in [-0.3, -0.25) is 9.69 Å². The van der Waals surface area contributed by atoms with Gasteiger partial charge < -0.3 is 28.7 Å². The monoisotopic (exact) mass is 557 g/mol. The molecule has 1 atom stereocenters. The van der Waals surface area contributed by atoms with Gasteiger partial charge in [0.2, 0.25) is 0 Å². The van der Waals surface area contributed by atoms with Gasteiger partial charge in [0.05, 0.1) is 0 Å². The van der Waals surface area contributed by atoms with Crippen LogP contribution in [0.4, 0.5) is 0 Å². The molecule has 5 heteroatoms. The van der Waals surface area contributed by atoms with E-state index < -0.39 is 5.60 Å². The molecule has 0 spiro atoms. The summed E-state index contributed by atoms with van der Waals surface area (Å²) >= 11 is 0. The second-order valence-corrected chi connectivity index (χ2v) is 7.92. The van der Waals surface area contributed by atoms with Gasteiger partial charge in [-0.05, 0) is 38.3 Å². The van der Waals surface area contributed by atoms with Crippen LogP contribution in [0.2, 0.25) is 0 Å². The molecule has 0 aliphatic heterocycles. The molecule has 2 aromatic rings. The zero-order valence-corrected chi connectivity index (χ0v) is 23.1. The minimum Gasteiger partial charge on any atom is -1.00 e. The number of esters is 1. The van der Waals surface area contributed by atoms with Gasteiger partial charge in [0.25, 0.3) is 0 Å². The zero-order chi connectivity index (χ0) is 19.7. The first-order valence-corrected chi connectivity index (χ1v) is 9.73. The Bertz CT molecular complexity index is 648. The van der Waals surface area contributed by atoms with Crippen molar-refractivity contribution in [3.8, 4) is 0 Å². The largest absolute Gasteiger partial charge is 1.00 e. The summed E-state index contributed by atoms with van der Waals surface area (Å²) in [5, 5.41) is 0. The van der Waals surface area contributed by atoms with Crippen LogP contribution in [0, 0.1) is 6.92 Å². The van der Waals surface area contributed by atoms with Crippen LogP contribution < -0.4 is 24.0 Å². The number of hydrogen-bond donors (Lipinski definition) is 0. The average molecular weight is 559 g/mol. The van der Waals surface area contributed by atoms with Crippen molar-refractivity contribution in [2.75, 3.05) is 0 Å². The van der Waals surface area contributed by atoms with E-state index in [-0.39, 0.29) is 55.5 Å². The second kappa shape index (κ2) is 14.3. The summed E-state index contributed by atoms with van der Waals surface area (Å²) in [6.45, 7) is 11.1. The summed E-state index contributed by atoms with van der Waals surface area (Å²) in [5.74, 6) is -0.150. The molecule has 0 amide bonds. The molecule has 1 unspecified atom stereocenters. The molecule has 0 aromatic heterocycles. The number of rotatable bonds is 9. The molecule has 29 heavy (non-hydrogen) atoms. The SMILES string of the molecule is [CH2]CCCC(C(=O)OC(C)(C)C)N(Cc1ccccc1)Cc1ccccc1.[I-].[Zn]. The minimum absolute atomic E-state index is 0. The molecule has 0 fully saturated rings. The molecular weight excluding hydrogens is 527 g/mol. The molecule has 0 aliphatic carbocycles. The van der Waals surface area contributed by atoms with Crippen molar-refractivity contribution >= 4 is 5.97 Å². The molecule has 2 rings (SSSR count). The van der Waals surface area contributed by atoms with Crippen molar-refractivity contribution in [2.45, 2.75) is 64.8 Å². The molecular formula is C24H32INO2Zn-. The van der Waals surface area contributed by atoms with Crippen LogP contribution in [0.3, 0.4) is 0 Å². The topological polar surface area (TPSA) is 29.5 Å². The molecule has 0 bridgehead atoms. The van der Waals surface area contributed by atoms with E-state index in [0.717, 1.165) is 19.3 Å². The van der Waals surface area contributed by atoms with E-state index in [2.05, 4.69) is 36.1 Å². The molecule has 3 nitrogen and oxygen atoms in total. The van der Waals surface area contributed by atoms with Crippen molar-refractivity contribution in [3.05, 3.63) is 78.7 Å². The Morgan fingerprint density at radius 1 is 0.966 bits per heavy atom. The summed E-state index contributed by atoms with van der Waals surface area (Å²) in [6.07, 6.45) is 2.45. The fourth-order valence-electron chi connectivity index (χ4n) is 3.07. The fourth-order valence-corrected chi connectivity index (χ4v) is 3.07. The number of carbonyl (C=O) groups is 1. The Hall–Kier alpha value is -0.777. The van der Waals surface area contributed by atoms with Crippen molar-refractivity contribution < 1.29 is 53.0 Å². The molecule has 1 radical (unpaired) electrons. The van der Waals surface area contributed by atoms with E-state index in [1.165, 1.54) is 11.1 Å². The van der Waals surface area contributed by atoms with Crippen LogP contribution in [-0.2, 0) is 42.1 Å². The van der Waals surface area contributed by atoms with E-state index in [0.29, 0.717) is 13.1 Å². The standard InChI is InChI=1S/C24H32NO2.HI.Zn/c1-5-6-17-22(23(26)27-24(2,3)4)25(18-20-13-9-7-10-14-20)19-21-15-11-8-12-16-21;;/h7-16,22H,1,5-6,17-19H2,2-4H3;1H;/p-1. The maximum atomic E-state index is 13.0. The number of benzene rings is 2. The van der Waals surface area contributed by atoms with Crippen LogP contribution in [0.15, 0.2) is 60.7 Å². The van der Waals surface area contributed by atoms with Crippen LogP contribution in [0.25, 0.3) is 0 Å². The van der Waals surface area contributed by atoms with E-state index in [1.807, 2.05) is 57.2 Å². The fraction of sp³-hybridized carbons (Fsp3) is 0.417. The first-order chi connectivity index (χ1) is 12.9. The number of nitrogens with zero attached hydrogens (tertiary/aromatic N) is 1. The van der Waals surface area contributed by atoms with Crippen LogP contribution >= 0.6 is 0 Å². The summed E-state index contributed by atoms with van der Waals surface area (Å²) in [6, 6.07) is 20.3. The molecule has 0 saturated carbocycles. The first kappa shape index (κ1) is 28.2. The Morgan fingerprint density at radius 2 is 1.41 bits per heavy atom. The predicted molar refractivity (Wildman–Crippen MR) is 111 cm³/mol. The zero-order valence-electron chi connectivity index (χ0n) is 17.9. The van der Waals surface area contributed by atoms with E-state index in [4.69, 9.17) is 4.74 Å². The number of carbonyl (C=O) groups excluding carboxylic acids is 1. The Balaban J connectivity index is 0.00000392. The smallest absolute Gasteiger partial charge is 0.323 e. The summed E-state index contributed by atoms with van der Waals surface area (Å²) in [5.41, 5.74) is 1.89. The van der Waals surface area contributed by atoms with Crippen LogP contribution in [0.5, 0.6) is 0 Å². The van der Waals surface area contributed by atoms with Gasteiger partial charge in [-0.25, -0.2) is 0 Å². The Morgan fingerprint density at radius 3 is 1.79 bits per heavy atom. The van der Waals surface area contributed by atoms with Crippen molar-refractivity contribution in [2.24, 2.45) is 0 Å². The summed E-state index contributed by atoms with van der Waals surface area (Å²) < 4.78 is 5.75. The maximum absolute atomic E-state index is 13.0. The van der Waals surface area contributed by atoms with Gasteiger partial charge >= 0.3 is 5.97 Å². The van der Waals surface area contributed by atoms with E-state index in [9.17, 15) is 4.79 Å². The van der Waals surface area contributed by atoms with Gasteiger partial charge in [0.1, 0.15) is 11.6 Å². The van der Waals surface area contributed by atoms with E-state index >= 15 is 0 Å². The Labute approximate surface area is 206 Å². The van der Waals surface area contributed by atoms with Crippen LogP contribution in [-0.4, -0.2) is 22.5 Å². The van der Waals surface area contributed by atoms with Gasteiger partial charge in [0, 0.05) is 32.6 Å². The molecule has 0 aliphatic rings. The van der Waals surface area contributed by atoms with Crippen molar-refractivity contribution in [1.29, 1.82) is 0 Å². The quantitative estimate of drug-likeness (QED) is 0.269. The molecule has 0 heterocycles. The number of halogens is 1. The molecule has 0 saturated heterocycles. The van der Waals surface area contributed by atoms with E-state index in [1.54, 1.807) is 0 Å². The van der Waals surface area contributed by atoms with Gasteiger partial charge in [0.15, 0.2) is 0 Å². The maximum Gasteiger partial charge on any atom is 0.323 e. The first-order valence-electron chi connectivity index (χ1n) is 9.73. The Kier molecular flexibility index (Phi) is 13.9. The minimum atomic E-state index is -0.495. The third kappa shape index (κ3) is 10.7. The third-order valence-corrected chi connectivity index (χ3v) is 4.30. The summed E-state index contributed by atoms with van der Waals surface area (Å²) in [7, 11) is 0. The normalized spacial score (nSPS) is 11.9. The van der Waals surface area contributed by atoms with Crippen LogP contribution in [0.1, 0.15) is 51.2 Å². The van der Waals surface area contributed by atoms with Gasteiger partial charge in [-0.15, -0.1) is 0 Å². The van der Waals surface area contributed by atoms with Crippen molar-refractivity contribution in [3.63, 3.8) is 0 Å². The number of ether oxygens (including phenoxy) is 1.